The van der Waals surface area contributed by atoms with E-state index in [1.54, 1.807) is 0 Å². The van der Waals surface area contributed by atoms with Gasteiger partial charge < -0.3 is 19.3 Å². The van der Waals surface area contributed by atoms with Crippen LogP contribution in [0.1, 0.15) is 32.6 Å². The molecule has 1 N–H and O–H groups in total. The Bertz CT molecular complexity index is 389. The summed E-state index contributed by atoms with van der Waals surface area (Å²) < 4.78 is 13.4. The number of rotatable bonds is 10. The van der Waals surface area contributed by atoms with Crippen molar-refractivity contribution in [3.8, 4) is 0 Å². The van der Waals surface area contributed by atoms with Gasteiger partial charge >= 0.3 is 17.9 Å². The van der Waals surface area contributed by atoms with Gasteiger partial charge in [-0.05, 0) is 19.3 Å². The molecule has 0 aromatic rings. The topological polar surface area (TPSA) is 99.1 Å². The van der Waals surface area contributed by atoms with Gasteiger partial charge in [-0.2, -0.15) is 0 Å². The van der Waals surface area contributed by atoms with E-state index in [2.05, 4.69) is 33.9 Å². The third kappa shape index (κ3) is 30.1. The summed E-state index contributed by atoms with van der Waals surface area (Å²) in [5, 5.41) is 8.33. The lowest BCUT2D eigenvalue weighted by Crippen LogP contribution is -2.02. The lowest BCUT2D eigenvalue weighted by atomic mass is 10.3. The standard InChI is InChI=1S/C7H12O3.C7H12O2.C4H6O2/c1-2-7(9)10-6-4-3-5-8;1-3-5-6-9-7(8)4-2;1-3-4(5)6-2/h2,8H,1,3-6H2;4H,2-3,5-6H2,1H3;3H,1H2,2H3. The zero-order valence-corrected chi connectivity index (χ0v) is 15.2. The van der Waals surface area contributed by atoms with Gasteiger partial charge in [0, 0.05) is 24.8 Å². The average molecular weight is 358 g/mol. The first-order valence-corrected chi connectivity index (χ1v) is 7.82. The SMILES string of the molecule is C=CC(=O)OC.C=CC(=O)OCCCC.C=CC(=O)OCCCCO. The van der Waals surface area contributed by atoms with Gasteiger partial charge in [0.2, 0.25) is 0 Å². The predicted molar refractivity (Wildman–Crippen MR) is 95.8 cm³/mol. The number of carbonyl (C=O) groups is 3. The van der Waals surface area contributed by atoms with Crippen molar-refractivity contribution in [2.45, 2.75) is 32.6 Å². The molecule has 7 heteroatoms. The quantitative estimate of drug-likeness (QED) is 0.277. The lowest BCUT2D eigenvalue weighted by Gasteiger charge is -1.98. The third-order valence-corrected chi connectivity index (χ3v) is 2.24. The summed E-state index contributed by atoms with van der Waals surface area (Å²) >= 11 is 0. The average Bonchev–Trinajstić information content (AvgIpc) is 2.65. The second-order valence-corrected chi connectivity index (χ2v) is 4.25. The molecule has 0 aliphatic carbocycles. The zero-order valence-electron chi connectivity index (χ0n) is 15.2. The van der Waals surface area contributed by atoms with Gasteiger partial charge in [0.15, 0.2) is 0 Å². The summed E-state index contributed by atoms with van der Waals surface area (Å²) in [5.41, 5.74) is 0. The van der Waals surface area contributed by atoms with Crippen LogP contribution < -0.4 is 0 Å². The van der Waals surface area contributed by atoms with E-state index in [1.165, 1.54) is 13.2 Å². The van der Waals surface area contributed by atoms with Gasteiger partial charge in [0.05, 0.1) is 20.3 Å². The summed E-state index contributed by atoms with van der Waals surface area (Å²) in [6.45, 7) is 12.7. The van der Waals surface area contributed by atoms with Crippen LogP contribution in [0.2, 0.25) is 0 Å². The number of unbranched alkanes of at least 4 members (excludes halogenated alkanes) is 2. The summed E-state index contributed by atoms with van der Waals surface area (Å²) in [7, 11) is 1.31. The highest BCUT2D eigenvalue weighted by Crippen LogP contribution is 1.89. The molecule has 0 heterocycles. The molecule has 0 fully saturated rings. The zero-order chi connectivity index (χ0) is 19.9. The van der Waals surface area contributed by atoms with E-state index in [1.807, 2.05) is 6.92 Å². The van der Waals surface area contributed by atoms with Gasteiger partial charge in [-0.25, -0.2) is 14.4 Å². The Hall–Kier alpha value is -2.41. The van der Waals surface area contributed by atoms with E-state index in [-0.39, 0.29) is 12.6 Å². The van der Waals surface area contributed by atoms with Crippen molar-refractivity contribution in [1.82, 2.24) is 0 Å². The van der Waals surface area contributed by atoms with Crippen LogP contribution in [0.3, 0.4) is 0 Å². The number of methoxy groups -OCH3 is 1. The van der Waals surface area contributed by atoms with Crippen LogP contribution >= 0.6 is 0 Å². The van der Waals surface area contributed by atoms with Crippen molar-refractivity contribution < 1.29 is 33.7 Å². The van der Waals surface area contributed by atoms with Crippen molar-refractivity contribution >= 4 is 17.9 Å². The number of ether oxygens (including phenoxy) is 3. The second kappa shape index (κ2) is 23.9. The summed E-state index contributed by atoms with van der Waals surface area (Å²) in [6.07, 6.45) is 6.76. The minimum absolute atomic E-state index is 0.144. The molecule has 144 valence electrons. The smallest absolute Gasteiger partial charge is 0.330 e. The highest BCUT2D eigenvalue weighted by molar-refractivity contribution is 5.81. The maximum atomic E-state index is 10.4. The molecule has 0 saturated carbocycles. The molecule has 0 aliphatic rings. The molecule has 25 heavy (non-hydrogen) atoms. The van der Waals surface area contributed by atoms with Crippen LogP contribution in [-0.4, -0.2) is 49.9 Å². The molecule has 7 nitrogen and oxygen atoms in total. The van der Waals surface area contributed by atoms with Crippen LogP contribution in [0, 0.1) is 0 Å². The van der Waals surface area contributed by atoms with E-state index in [4.69, 9.17) is 5.11 Å². The van der Waals surface area contributed by atoms with Crippen LogP contribution in [-0.2, 0) is 28.6 Å². The Balaban J connectivity index is -0.000000300. The molecule has 0 bridgehead atoms. The first-order chi connectivity index (χ1) is 11.9. The van der Waals surface area contributed by atoms with Crippen LogP contribution in [0.15, 0.2) is 38.0 Å². The maximum absolute atomic E-state index is 10.4. The fourth-order valence-electron chi connectivity index (χ4n) is 0.905. The van der Waals surface area contributed by atoms with E-state index in [0.29, 0.717) is 26.1 Å². The van der Waals surface area contributed by atoms with Gasteiger partial charge in [-0.3, -0.25) is 0 Å². The number of hydrogen-bond acceptors (Lipinski definition) is 7. The van der Waals surface area contributed by atoms with Crippen LogP contribution in [0.25, 0.3) is 0 Å². The highest BCUT2D eigenvalue weighted by atomic mass is 16.5. The Morgan fingerprint density at radius 2 is 1.28 bits per heavy atom. The van der Waals surface area contributed by atoms with Crippen molar-refractivity contribution in [3.05, 3.63) is 38.0 Å². The fourth-order valence-corrected chi connectivity index (χ4v) is 0.905. The Kier molecular flexibility index (Phi) is 26.2. The molecule has 0 aliphatic heterocycles. The van der Waals surface area contributed by atoms with E-state index in [9.17, 15) is 14.4 Å². The summed E-state index contributed by atoms with van der Waals surface area (Å²) in [4.78, 5) is 30.6. The van der Waals surface area contributed by atoms with Crippen molar-refractivity contribution in [2.75, 3.05) is 26.9 Å². The normalized spacial score (nSPS) is 8.28. The molecule has 0 saturated heterocycles. The minimum atomic E-state index is -0.405. The van der Waals surface area contributed by atoms with Crippen LogP contribution in [0.4, 0.5) is 0 Å². The molecule has 0 aromatic carbocycles. The van der Waals surface area contributed by atoms with Crippen molar-refractivity contribution in [3.63, 3.8) is 0 Å². The number of hydrogen-bond donors (Lipinski definition) is 1. The number of carbonyl (C=O) groups excluding carboxylic acids is 3. The van der Waals surface area contributed by atoms with Crippen molar-refractivity contribution in [2.24, 2.45) is 0 Å². The number of aliphatic hydroxyl groups excluding tert-OH is 1. The number of aliphatic hydroxyl groups is 1. The van der Waals surface area contributed by atoms with E-state index < -0.39 is 11.9 Å². The molecule has 0 radical (unpaired) electrons. The molecular weight excluding hydrogens is 328 g/mol. The summed E-state index contributed by atoms with van der Waals surface area (Å²) in [6, 6.07) is 0. The molecule has 0 rings (SSSR count). The number of esters is 3. The van der Waals surface area contributed by atoms with E-state index >= 15 is 0 Å². The Labute approximate surface area is 150 Å². The van der Waals surface area contributed by atoms with Gasteiger partial charge in [0.1, 0.15) is 0 Å². The van der Waals surface area contributed by atoms with Gasteiger partial charge in [-0.15, -0.1) is 0 Å². The molecule has 0 amide bonds. The fraction of sp³-hybridized carbons (Fsp3) is 0.500. The molecule has 0 atom stereocenters. The lowest BCUT2D eigenvalue weighted by molar-refractivity contribution is -0.138. The monoisotopic (exact) mass is 358 g/mol. The Morgan fingerprint density at radius 3 is 1.56 bits per heavy atom. The third-order valence-electron chi connectivity index (χ3n) is 2.24. The molecule has 0 unspecified atom stereocenters. The minimum Gasteiger partial charge on any atom is -0.466 e. The predicted octanol–water partition coefficient (Wildman–Crippen LogP) is 2.35. The second-order valence-electron chi connectivity index (χ2n) is 4.25. The molecule has 0 aromatic heterocycles. The van der Waals surface area contributed by atoms with Crippen LogP contribution in [0.5, 0.6) is 0 Å². The first-order valence-electron chi connectivity index (χ1n) is 7.82. The molecular formula is C18H30O7. The van der Waals surface area contributed by atoms with Gasteiger partial charge in [-0.1, -0.05) is 33.1 Å². The molecule has 0 spiro atoms. The van der Waals surface area contributed by atoms with E-state index in [0.717, 1.165) is 25.0 Å². The maximum Gasteiger partial charge on any atom is 0.330 e. The first kappa shape index (κ1) is 27.4. The van der Waals surface area contributed by atoms with Gasteiger partial charge in [0.25, 0.3) is 0 Å². The Morgan fingerprint density at radius 1 is 0.840 bits per heavy atom. The van der Waals surface area contributed by atoms with Crippen molar-refractivity contribution in [1.29, 1.82) is 0 Å². The highest BCUT2D eigenvalue weighted by Gasteiger charge is 1.93. The largest absolute Gasteiger partial charge is 0.466 e. The summed E-state index contributed by atoms with van der Waals surface area (Å²) in [5.74, 6) is -1.13.